The number of aliphatic hydroxyl groups is 1. The van der Waals surface area contributed by atoms with Crippen LogP contribution in [0.15, 0.2) is 36.8 Å². The van der Waals surface area contributed by atoms with Crippen molar-refractivity contribution in [2.75, 3.05) is 18.4 Å². The smallest absolute Gasteiger partial charge is 0.158 e. The number of fused-ring (bicyclic) bond motifs is 1. The van der Waals surface area contributed by atoms with Gasteiger partial charge in [0.25, 0.3) is 0 Å². The molecule has 0 saturated carbocycles. The summed E-state index contributed by atoms with van der Waals surface area (Å²) in [5.74, 6) is 0.181. The monoisotopic (exact) mass is 375 g/mol. The molecule has 2 aromatic heterocycles. The van der Waals surface area contributed by atoms with Crippen LogP contribution in [0.5, 0.6) is 0 Å². The zero-order valence-corrected chi connectivity index (χ0v) is 14.8. The summed E-state index contributed by atoms with van der Waals surface area (Å²) in [4.78, 5) is 6.67. The Labute approximate surface area is 155 Å². The second kappa shape index (κ2) is 7.19. The van der Waals surface area contributed by atoms with E-state index in [2.05, 4.69) is 20.3 Å². The summed E-state index contributed by atoms with van der Waals surface area (Å²) in [7, 11) is 0. The third kappa shape index (κ3) is 3.51. The molecule has 0 atom stereocenters. The van der Waals surface area contributed by atoms with Crippen LogP contribution in [0, 0.1) is 5.82 Å². The molecule has 6 nitrogen and oxygen atoms in total. The Morgan fingerprint density at radius 2 is 2.08 bits per heavy atom. The number of piperidine rings is 1. The highest BCUT2D eigenvalue weighted by atomic mass is 35.5. The predicted molar refractivity (Wildman–Crippen MR) is 98.2 cm³/mol. The lowest BCUT2D eigenvalue weighted by atomic mass is 10.1. The van der Waals surface area contributed by atoms with Crippen molar-refractivity contribution in [3.63, 3.8) is 0 Å². The Morgan fingerprint density at radius 3 is 2.85 bits per heavy atom. The van der Waals surface area contributed by atoms with Crippen LogP contribution in [0.3, 0.4) is 0 Å². The van der Waals surface area contributed by atoms with Crippen LogP contribution in [-0.2, 0) is 6.54 Å². The lowest BCUT2D eigenvalue weighted by Crippen LogP contribution is -2.35. The van der Waals surface area contributed by atoms with Crippen LogP contribution in [-0.4, -0.2) is 43.8 Å². The van der Waals surface area contributed by atoms with Crippen molar-refractivity contribution in [1.82, 2.24) is 19.5 Å². The molecule has 2 N–H and O–H groups in total. The average Bonchev–Trinajstić information content (AvgIpc) is 3.04. The van der Waals surface area contributed by atoms with Crippen LogP contribution in [0.4, 0.5) is 15.9 Å². The van der Waals surface area contributed by atoms with Crippen molar-refractivity contribution in [3.05, 3.63) is 53.2 Å². The first-order valence-electron chi connectivity index (χ1n) is 8.54. The number of nitrogens with one attached hydrogen (secondary N) is 1. The summed E-state index contributed by atoms with van der Waals surface area (Å²) in [6, 6.07) is 6.50. The summed E-state index contributed by atoms with van der Waals surface area (Å²) in [6.45, 7) is 2.49. The molecule has 3 heterocycles. The van der Waals surface area contributed by atoms with Crippen LogP contribution in [0.2, 0.25) is 5.02 Å². The lowest BCUT2D eigenvalue weighted by molar-refractivity contribution is 0.0794. The molecule has 0 aliphatic carbocycles. The fourth-order valence-corrected chi connectivity index (χ4v) is 3.45. The van der Waals surface area contributed by atoms with Gasteiger partial charge in [-0.3, -0.25) is 4.90 Å². The van der Waals surface area contributed by atoms with Crippen LogP contribution >= 0.6 is 11.6 Å². The molecular formula is C18H19ClFN5O. The molecule has 0 radical (unpaired) electrons. The van der Waals surface area contributed by atoms with Gasteiger partial charge in [0.1, 0.15) is 17.7 Å². The van der Waals surface area contributed by atoms with Gasteiger partial charge in [-0.05, 0) is 42.7 Å². The van der Waals surface area contributed by atoms with E-state index in [1.165, 1.54) is 18.5 Å². The molecule has 3 aromatic rings. The highest BCUT2D eigenvalue weighted by Gasteiger charge is 2.19. The molecule has 0 unspecified atom stereocenters. The third-order valence-corrected chi connectivity index (χ3v) is 4.96. The van der Waals surface area contributed by atoms with Gasteiger partial charge in [0, 0.05) is 31.5 Å². The maximum absolute atomic E-state index is 13.4. The first-order valence-corrected chi connectivity index (χ1v) is 8.91. The van der Waals surface area contributed by atoms with Gasteiger partial charge in [0.05, 0.1) is 11.1 Å². The van der Waals surface area contributed by atoms with Gasteiger partial charge in [-0.1, -0.05) is 11.6 Å². The number of aromatic nitrogens is 3. The second-order valence-corrected chi connectivity index (χ2v) is 6.91. The summed E-state index contributed by atoms with van der Waals surface area (Å²) >= 11 is 5.87. The number of aliphatic hydroxyl groups excluding tert-OH is 1. The van der Waals surface area contributed by atoms with Crippen molar-refractivity contribution < 1.29 is 9.50 Å². The van der Waals surface area contributed by atoms with E-state index in [0.717, 1.165) is 43.6 Å². The minimum atomic E-state index is -0.458. The summed E-state index contributed by atoms with van der Waals surface area (Å²) in [5, 5.41) is 17.2. The Kier molecular flexibility index (Phi) is 4.76. The highest BCUT2D eigenvalue weighted by molar-refractivity contribution is 6.31. The number of anilines is 2. The number of benzene rings is 1. The molecule has 1 fully saturated rings. The second-order valence-electron chi connectivity index (χ2n) is 6.50. The Hall–Kier alpha value is -2.22. The number of likely N-dealkylation sites (tertiary alicyclic amines) is 1. The molecule has 1 saturated heterocycles. The zero-order valence-electron chi connectivity index (χ0n) is 14.1. The molecule has 136 valence electrons. The molecule has 1 aliphatic heterocycles. The maximum atomic E-state index is 13.4. The van der Waals surface area contributed by atoms with Crippen LogP contribution < -0.4 is 5.32 Å². The highest BCUT2D eigenvalue weighted by Crippen LogP contribution is 2.27. The lowest BCUT2D eigenvalue weighted by Gasteiger charge is -2.29. The Bertz CT molecular complexity index is 923. The minimum Gasteiger partial charge on any atom is -0.393 e. The average molecular weight is 376 g/mol. The van der Waals surface area contributed by atoms with Gasteiger partial charge in [0.15, 0.2) is 5.82 Å². The van der Waals surface area contributed by atoms with E-state index in [9.17, 15) is 9.50 Å². The first-order chi connectivity index (χ1) is 12.6. The SMILES string of the molecule is OC1CCN(Cc2ccn3ncnc(Nc4ccc(F)c(Cl)c4)c23)CC1. The van der Waals surface area contributed by atoms with Crippen molar-refractivity contribution in [2.24, 2.45) is 0 Å². The van der Waals surface area contributed by atoms with E-state index in [1.54, 1.807) is 10.6 Å². The van der Waals surface area contributed by atoms with Gasteiger partial charge in [-0.15, -0.1) is 0 Å². The molecule has 0 amide bonds. The number of hydrogen-bond donors (Lipinski definition) is 2. The molecule has 0 spiro atoms. The molecule has 0 bridgehead atoms. The van der Waals surface area contributed by atoms with Gasteiger partial charge in [-0.25, -0.2) is 13.9 Å². The fourth-order valence-electron chi connectivity index (χ4n) is 3.27. The molecule has 1 aromatic carbocycles. The number of nitrogens with zero attached hydrogens (tertiary/aromatic N) is 4. The van der Waals surface area contributed by atoms with E-state index >= 15 is 0 Å². The largest absolute Gasteiger partial charge is 0.393 e. The number of hydrogen-bond acceptors (Lipinski definition) is 5. The number of rotatable bonds is 4. The van der Waals surface area contributed by atoms with E-state index in [4.69, 9.17) is 11.6 Å². The van der Waals surface area contributed by atoms with Crippen LogP contribution in [0.25, 0.3) is 5.52 Å². The molecule has 4 rings (SSSR count). The zero-order chi connectivity index (χ0) is 18.1. The predicted octanol–water partition coefficient (Wildman–Crippen LogP) is 3.22. The van der Waals surface area contributed by atoms with E-state index < -0.39 is 5.82 Å². The minimum absolute atomic E-state index is 0.0579. The molecular weight excluding hydrogens is 357 g/mol. The third-order valence-electron chi connectivity index (χ3n) is 4.67. The summed E-state index contributed by atoms with van der Waals surface area (Å²) in [6.07, 6.45) is 4.76. The molecule has 26 heavy (non-hydrogen) atoms. The standard InChI is InChI=1S/C18H19ClFN5O/c19-15-9-13(1-2-16(15)20)23-18-17-12(3-8-25(17)22-11-21-18)10-24-6-4-14(26)5-7-24/h1-3,8-9,11,14,26H,4-7,10H2,(H,21,22,23). The van der Waals surface area contributed by atoms with Gasteiger partial charge in [-0.2, -0.15) is 5.10 Å². The quantitative estimate of drug-likeness (QED) is 0.733. The number of halogens is 2. The van der Waals surface area contributed by atoms with Gasteiger partial charge < -0.3 is 10.4 Å². The molecule has 1 aliphatic rings. The fraction of sp³-hybridized carbons (Fsp3) is 0.333. The normalized spacial score (nSPS) is 16.3. The van der Waals surface area contributed by atoms with Gasteiger partial charge >= 0.3 is 0 Å². The van der Waals surface area contributed by atoms with Crippen molar-refractivity contribution in [3.8, 4) is 0 Å². The summed E-state index contributed by atoms with van der Waals surface area (Å²) < 4.78 is 15.2. The maximum Gasteiger partial charge on any atom is 0.158 e. The Morgan fingerprint density at radius 1 is 1.27 bits per heavy atom. The Balaban J connectivity index is 1.62. The van der Waals surface area contributed by atoms with Crippen molar-refractivity contribution in [2.45, 2.75) is 25.5 Å². The van der Waals surface area contributed by atoms with E-state index in [0.29, 0.717) is 11.5 Å². The van der Waals surface area contributed by atoms with E-state index in [-0.39, 0.29) is 11.1 Å². The van der Waals surface area contributed by atoms with Crippen molar-refractivity contribution in [1.29, 1.82) is 0 Å². The van der Waals surface area contributed by atoms with Gasteiger partial charge in [0.2, 0.25) is 0 Å². The topological polar surface area (TPSA) is 65.7 Å². The molecule has 8 heteroatoms. The first kappa shape index (κ1) is 17.2. The van der Waals surface area contributed by atoms with E-state index in [1.807, 2.05) is 12.3 Å². The van der Waals surface area contributed by atoms with Crippen LogP contribution in [0.1, 0.15) is 18.4 Å². The van der Waals surface area contributed by atoms with Crippen molar-refractivity contribution >= 4 is 28.6 Å². The summed E-state index contributed by atoms with van der Waals surface area (Å²) in [5.41, 5.74) is 2.63.